The van der Waals surface area contributed by atoms with E-state index in [9.17, 15) is 9.59 Å². The summed E-state index contributed by atoms with van der Waals surface area (Å²) in [5, 5.41) is 0. The molecule has 4 nitrogen and oxygen atoms in total. The fraction of sp³-hybridized carbons (Fsp3) is 0.833. The van der Waals surface area contributed by atoms with Crippen molar-refractivity contribution >= 4 is 11.8 Å². The van der Waals surface area contributed by atoms with Crippen LogP contribution >= 0.6 is 0 Å². The first kappa shape index (κ1) is 11.6. The highest BCUT2D eigenvalue weighted by molar-refractivity contribution is 6.05. The minimum Gasteiger partial charge on any atom is -0.308 e. The Morgan fingerprint density at radius 2 is 1.62 bits per heavy atom. The first-order valence-electron chi connectivity index (χ1n) is 6.11. The molecule has 1 heterocycles. The van der Waals surface area contributed by atoms with Crippen LogP contribution in [0.2, 0.25) is 0 Å². The predicted molar refractivity (Wildman–Crippen MR) is 60.7 cm³/mol. The molecular weight excluding hydrogens is 204 g/mol. The average Bonchev–Trinajstić information content (AvgIpc) is 2.50. The summed E-state index contributed by atoms with van der Waals surface area (Å²) in [5.74, 6) is 0.167. The molecule has 0 radical (unpaired) electrons. The van der Waals surface area contributed by atoms with Gasteiger partial charge in [-0.3, -0.25) is 14.5 Å². The van der Waals surface area contributed by atoms with Crippen LogP contribution in [0.1, 0.15) is 25.7 Å². The molecule has 2 fully saturated rings. The monoisotopic (exact) mass is 224 g/mol. The van der Waals surface area contributed by atoms with Gasteiger partial charge in [0, 0.05) is 13.1 Å². The summed E-state index contributed by atoms with van der Waals surface area (Å²) in [6, 6.07) is 0. The van der Waals surface area contributed by atoms with Gasteiger partial charge >= 0.3 is 0 Å². The number of imide groups is 1. The molecule has 2 rings (SSSR count). The van der Waals surface area contributed by atoms with Gasteiger partial charge in [-0.1, -0.05) is 12.8 Å². The zero-order valence-corrected chi connectivity index (χ0v) is 10.1. The largest absolute Gasteiger partial charge is 0.308 e. The number of hydrogen-bond acceptors (Lipinski definition) is 3. The van der Waals surface area contributed by atoms with E-state index in [1.807, 2.05) is 19.0 Å². The Morgan fingerprint density at radius 1 is 1.12 bits per heavy atom. The van der Waals surface area contributed by atoms with Gasteiger partial charge < -0.3 is 4.90 Å². The number of likely N-dealkylation sites (tertiary alicyclic amines) is 1. The van der Waals surface area contributed by atoms with Gasteiger partial charge in [0.05, 0.1) is 11.8 Å². The smallest absolute Gasteiger partial charge is 0.233 e. The molecule has 0 spiro atoms. The zero-order valence-electron chi connectivity index (χ0n) is 10.1. The lowest BCUT2D eigenvalue weighted by Gasteiger charge is -2.19. The molecule has 1 saturated carbocycles. The molecule has 2 aliphatic rings. The van der Waals surface area contributed by atoms with E-state index < -0.39 is 0 Å². The number of likely N-dealkylation sites (N-methyl/N-ethyl adjacent to an activating group) is 1. The Balaban J connectivity index is 2.03. The number of hydrogen-bond donors (Lipinski definition) is 0. The van der Waals surface area contributed by atoms with Crippen molar-refractivity contribution in [1.82, 2.24) is 9.80 Å². The molecule has 0 unspecified atom stereocenters. The van der Waals surface area contributed by atoms with Crippen molar-refractivity contribution in [2.75, 3.05) is 27.2 Å². The maximum absolute atomic E-state index is 12.0. The van der Waals surface area contributed by atoms with Crippen molar-refractivity contribution in [2.24, 2.45) is 11.8 Å². The SMILES string of the molecule is CN(C)CCN1C(=O)[C@H]2CCCC[C@H]2C1=O. The Kier molecular flexibility index (Phi) is 3.28. The number of fused-ring (bicyclic) bond motifs is 1. The zero-order chi connectivity index (χ0) is 11.7. The summed E-state index contributed by atoms with van der Waals surface area (Å²) in [6.45, 7) is 1.31. The van der Waals surface area contributed by atoms with Crippen molar-refractivity contribution < 1.29 is 9.59 Å². The third-order valence-electron chi connectivity index (χ3n) is 3.70. The quantitative estimate of drug-likeness (QED) is 0.663. The van der Waals surface area contributed by atoms with Crippen LogP contribution < -0.4 is 0 Å². The molecule has 1 aliphatic carbocycles. The molecule has 16 heavy (non-hydrogen) atoms. The summed E-state index contributed by atoms with van der Waals surface area (Å²) >= 11 is 0. The highest BCUT2D eigenvalue weighted by Crippen LogP contribution is 2.37. The number of carbonyl (C=O) groups excluding carboxylic acids is 2. The number of carbonyl (C=O) groups is 2. The Morgan fingerprint density at radius 3 is 2.06 bits per heavy atom. The van der Waals surface area contributed by atoms with Crippen LogP contribution in [-0.4, -0.2) is 48.8 Å². The van der Waals surface area contributed by atoms with Gasteiger partial charge in [0.1, 0.15) is 0 Å². The van der Waals surface area contributed by atoms with Gasteiger partial charge in [0.2, 0.25) is 11.8 Å². The average molecular weight is 224 g/mol. The third kappa shape index (κ3) is 1.98. The standard InChI is InChI=1S/C12H20N2O2/c1-13(2)7-8-14-11(15)9-5-3-4-6-10(9)12(14)16/h9-10H,3-8H2,1-2H3/t9-,10+. The molecule has 0 bridgehead atoms. The number of rotatable bonds is 3. The van der Waals surface area contributed by atoms with Gasteiger partial charge in [0.25, 0.3) is 0 Å². The second-order valence-corrected chi connectivity index (χ2v) is 5.13. The highest BCUT2D eigenvalue weighted by atomic mass is 16.2. The van der Waals surface area contributed by atoms with Crippen LogP contribution in [-0.2, 0) is 9.59 Å². The fourth-order valence-corrected chi connectivity index (χ4v) is 2.75. The van der Waals surface area contributed by atoms with E-state index in [4.69, 9.17) is 0 Å². The summed E-state index contributed by atoms with van der Waals surface area (Å²) in [5.41, 5.74) is 0. The molecule has 1 saturated heterocycles. The van der Waals surface area contributed by atoms with E-state index in [0.29, 0.717) is 6.54 Å². The lowest BCUT2D eigenvalue weighted by atomic mass is 9.81. The molecule has 2 amide bonds. The number of amides is 2. The second kappa shape index (κ2) is 4.53. The summed E-state index contributed by atoms with van der Waals surface area (Å²) in [7, 11) is 3.91. The molecule has 0 aromatic carbocycles. The normalized spacial score (nSPS) is 30.1. The van der Waals surface area contributed by atoms with Crippen molar-refractivity contribution in [3.8, 4) is 0 Å². The lowest BCUT2D eigenvalue weighted by Crippen LogP contribution is -2.36. The molecule has 4 heteroatoms. The van der Waals surface area contributed by atoms with Gasteiger partial charge in [-0.05, 0) is 26.9 Å². The summed E-state index contributed by atoms with van der Waals surface area (Å²) in [6.07, 6.45) is 4.02. The fourth-order valence-electron chi connectivity index (χ4n) is 2.75. The molecule has 0 N–H and O–H groups in total. The van der Waals surface area contributed by atoms with Crippen molar-refractivity contribution in [3.63, 3.8) is 0 Å². The minimum absolute atomic E-state index is 0.00316. The first-order chi connectivity index (χ1) is 7.61. The van der Waals surface area contributed by atoms with Gasteiger partial charge in [-0.2, -0.15) is 0 Å². The Hall–Kier alpha value is -0.900. The van der Waals surface area contributed by atoms with Crippen molar-refractivity contribution in [1.29, 1.82) is 0 Å². The summed E-state index contributed by atoms with van der Waals surface area (Å²) < 4.78 is 0. The van der Waals surface area contributed by atoms with Crippen LogP contribution in [0.4, 0.5) is 0 Å². The van der Waals surface area contributed by atoms with Gasteiger partial charge in [-0.25, -0.2) is 0 Å². The first-order valence-corrected chi connectivity index (χ1v) is 6.11. The van der Waals surface area contributed by atoms with Crippen LogP contribution in [0.15, 0.2) is 0 Å². The van der Waals surface area contributed by atoms with E-state index >= 15 is 0 Å². The molecule has 2 atom stereocenters. The van der Waals surface area contributed by atoms with Crippen LogP contribution in [0.25, 0.3) is 0 Å². The highest BCUT2D eigenvalue weighted by Gasteiger charge is 2.47. The van der Waals surface area contributed by atoms with E-state index in [-0.39, 0.29) is 23.7 Å². The minimum atomic E-state index is 0.00316. The van der Waals surface area contributed by atoms with E-state index in [2.05, 4.69) is 0 Å². The topological polar surface area (TPSA) is 40.6 Å². The van der Waals surface area contributed by atoms with Crippen molar-refractivity contribution in [2.45, 2.75) is 25.7 Å². The van der Waals surface area contributed by atoms with E-state index in [0.717, 1.165) is 32.2 Å². The molecular formula is C12H20N2O2. The Labute approximate surface area is 96.6 Å². The molecule has 0 aromatic rings. The second-order valence-electron chi connectivity index (χ2n) is 5.13. The van der Waals surface area contributed by atoms with E-state index in [1.165, 1.54) is 4.90 Å². The third-order valence-corrected chi connectivity index (χ3v) is 3.70. The maximum atomic E-state index is 12.0. The van der Waals surface area contributed by atoms with Crippen LogP contribution in [0.5, 0.6) is 0 Å². The van der Waals surface area contributed by atoms with Gasteiger partial charge in [-0.15, -0.1) is 0 Å². The number of nitrogens with zero attached hydrogens (tertiary/aromatic N) is 2. The Bertz CT molecular complexity index is 277. The summed E-state index contributed by atoms with van der Waals surface area (Å²) in [4.78, 5) is 27.6. The van der Waals surface area contributed by atoms with Crippen LogP contribution in [0, 0.1) is 11.8 Å². The van der Waals surface area contributed by atoms with Gasteiger partial charge in [0.15, 0.2) is 0 Å². The molecule has 1 aliphatic heterocycles. The predicted octanol–water partition coefficient (Wildman–Crippen LogP) is 0.723. The maximum Gasteiger partial charge on any atom is 0.233 e. The van der Waals surface area contributed by atoms with E-state index in [1.54, 1.807) is 0 Å². The van der Waals surface area contributed by atoms with Crippen LogP contribution in [0.3, 0.4) is 0 Å². The lowest BCUT2D eigenvalue weighted by molar-refractivity contribution is -0.140. The molecule has 0 aromatic heterocycles. The molecule has 90 valence electrons. The van der Waals surface area contributed by atoms with Crippen molar-refractivity contribution in [3.05, 3.63) is 0 Å².